The first-order chi connectivity index (χ1) is 18.6. The summed E-state index contributed by atoms with van der Waals surface area (Å²) in [6.07, 6.45) is 14.2. The van der Waals surface area contributed by atoms with Crippen molar-refractivity contribution in [2.45, 2.75) is 26.2 Å². The molecule has 0 atom stereocenters. The Bertz CT molecular complexity index is 1730. The van der Waals surface area contributed by atoms with Crippen LogP contribution in [0.25, 0.3) is 39.0 Å². The number of fused-ring (bicyclic) bond motifs is 2. The molecule has 0 unspecified atom stereocenters. The monoisotopic (exact) mass is 502 g/mol. The number of nitrogens with zero attached hydrogens (tertiary/aromatic N) is 2. The summed E-state index contributed by atoms with van der Waals surface area (Å²) >= 11 is 0. The van der Waals surface area contributed by atoms with Crippen molar-refractivity contribution < 1.29 is 9.21 Å². The van der Waals surface area contributed by atoms with Crippen molar-refractivity contribution in [2.75, 3.05) is 10.6 Å². The van der Waals surface area contributed by atoms with E-state index >= 15 is 0 Å². The van der Waals surface area contributed by atoms with Gasteiger partial charge in [-0.1, -0.05) is 18.6 Å². The largest absolute Gasteiger partial charge is 0.472 e. The number of rotatable bonds is 5. The maximum atomic E-state index is 12.4. The van der Waals surface area contributed by atoms with Gasteiger partial charge in [-0.15, -0.1) is 0 Å². The second kappa shape index (κ2) is 8.92. The molecule has 1 saturated carbocycles. The van der Waals surface area contributed by atoms with Crippen molar-refractivity contribution in [3.8, 4) is 22.5 Å². The first kappa shape index (κ1) is 22.4. The Kier molecular flexibility index (Phi) is 5.25. The maximum absolute atomic E-state index is 12.4. The molecule has 4 aromatic heterocycles. The van der Waals surface area contributed by atoms with Crippen molar-refractivity contribution in [1.29, 1.82) is 0 Å². The third-order valence-electron chi connectivity index (χ3n) is 7.40. The topological polar surface area (TPSA) is 112 Å². The molecular formula is C30H26N6O2. The van der Waals surface area contributed by atoms with E-state index in [9.17, 15) is 4.79 Å². The summed E-state index contributed by atoms with van der Waals surface area (Å²) < 4.78 is 5.35. The number of nitrogens with one attached hydrogen (secondary N) is 4. The van der Waals surface area contributed by atoms with Gasteiger partial charge < -0.3 is 20.0 Å². The van der Waals surface area contributed by atoms with Gasteiger partial charge >= 0.3 is 0 Å². The van der Waals surface area contributed by atoms with Gasteiger partial charge in [0, 0.05) is 39.9 Å². The van der Waals surface area contributed by atoms with Crippen LogP contribution in [0, 0.1) is 5.92 Å². The van der Waals surface area contributed by atoms with Crippen LogP contribution in [0.15, 0.2) is 83.6 Å². The van der Waals surface area contributed by atoms with Crippen molar-refractivity contribution in [2.24, 2.45) is 5.92 Å². The number of allylic oxidation sites excluding steroid dienone is 3. The molecule has 0 radical (unpaired) electrons. The first-order valence-electron chi connectivity index (χ1n) is 12.8. The molecule has 7 rings (SSSR count). The fourth-order valence-corrected chi connectivity index (χ4v) is 5.08. The predicted octanol–water partition coefficient (Wildman–Crippen LogP) is 6.71. The van der Waals surface area contributed by atoms with E-state index in [0.29, 0.717) is 5.69 Å². The number of anilines is 2. The number of benzene rings is 1. The molecule has 8 nitrogen and oxygen atoms in total. The van der Waals surface area contributed by atoms with E-state index in [2.05, 4.69) is 55.1 Å². The Morgan fingerprint density at radius 3 is 2.79 bits per heavy atom. The molecule has 0 spiro atoms. The van der Waals surface area contributed by atoms with Crippen molar-refractivity contribution in [1.82, 2.24) is 20.2 Å². The van der Waals surface area contributed by atoms with Gasteiger partial charge in [-0.05, 0) is 67.3 Å². The highest BCUT2D eigenvalue weighted by Gasteiger charge is 2.25. The Hall–Kier alpha value is -4.85. The van der Waals surface area contributed by atoms with E-state index in [-0.39, 0.29) is 11.8 Å². The van der Waals surface area contributed by atoms with Crippen LogP contribution in [0.4, 0.5) is 11.5 Å². The highest BCUT2D eigenvalue weighted by Crippen LogP contribution is 2.38. The molecule has 4 N–H and O–H groups in total. The summed E-state index contributed by atoms with van der Waals surface area (Å²) in [5.41, 5.74) is 9.45. The van der Waals surface area contributed by atoms with Gasteiger partial charge in [-0.2, -0.15) is 5.10 Å². The van der Waals surface area contributed by atoms with Crippen molar-refractivity contribution >= 4 is 33.9 Å². The van der Waals surface area contributed by atoms with Gasteiger partial charge in [0.05, 0.1) is 35.6 Å². The summed E-state index contributed by atoms with van der Waals surface area (Å²) in [6.45, 7) is 2.03. The Morgan fingerprint density at radius 1 is 1.05 bits per heavy atom. The number of furan rings is 1. The number of aromatic nitrogens is 4. The summed E-state index contributed by atoms with van der Waals surface area (Å²) in [6, 6.07) is 12.2. The third-order valence-corrected chi connectivity index (χ3v) is 7.40. The zero-order valence-corrected chi connectivity index (χ0v) is 20.8. The smallest absolute Gasteiger partial charge is 0.227 e. The molecule has 0 saturated heterocycles. The fraction of sp³-hybridized carbons (Fsp3) is 0.167. The van der Waals surface area contributed by atoms with Crippen molar-refractivity contribution in [3.63, 3.8) is 0 Å². The van der Waals surface area contributed by atoms with E-state index in [1.165, 1.54) is 0 Å². The molecule has 188 valence electrons. The number of aromatic amines is 2. The highest BCUT2D eigenvalue weighted by atomic mass is 16.3. The van der Waals surface area contributed by atoms with Gasteiger partial charge in [0.2, 0.25) is 5.91 Å². The standard InChI is InChI=1S/C30H26N6O2/c1-17-5-7-23(20-9-10-38-16-20)24-13-27(34-29(24)32-17)28-25-12-19(6-8-26(25)35-36-28)21-11-22(15-31-14-21)33-30(37)18-3-2-4-18/h5-16,18,32,34H,2-4H2,1H3,(H,33,37)(H,35,36). The third kappa shape index (κ3) is 3.91. The minimum Gasteiger partial charge on any atom is -0.472 e. The van der Waals surface area contributed by atoms with E-state index in [0.717, 1.165) is 80.9 Å². The number of H-pyrrole nitrogens is 2. The van der Waals surface area contributed by atoms with E-state index < -0.39 is 0 Å². The van der Waals surface area contributed by atoms with Crippen molar-refractivity contribution in [3.05, 3.63) is 90.3 Å². The van der Waals surface area contributed by atoms with Crippen LogP contribution in [0.1, 0.15) is 37.3 Å². The lowest BCUT2D eigenvalue weighted by Crippen LogP contribution is -2.28. The van der Waals surface area contributed by atoms with Crippen LogP contribution >= 0.6 is 0 Å². The zero-order chi connectivity index (χ0) is 25.6. The first-order valence-corrected chi connectivity index (χ1v) is 12.8. The molecule has 1 fully saturated rings. The van der Waals surface area contributed by atoms with Gasteiger partial charge in [0.1, 0.15) is 11.5 Å². The highest BCUT2D eigenvalue weighted by molar-refractivity contribution is 5.98. The quantitative estimate of drug-likeness (QED) is 0.213. The van der Waals surface area contributed by atoms with Gasteiger partial charge in [-0.25, -0.2) is 0 Å². The van der Waals surface area contributed by atoms with Crippen LogP contribution in [0.5, 0.6) is 0 Å². The van der Waals surface area contributed by atoms with Crippen LogP contribution in [0.2, 0.25) is 0 Å². The summed E-state index contributed by atoms with van der Waals surface area (Å²) in [4.78, 5) is 20.4. The molecule has 1 aliphatic carbocycles. The molecule has 0 bridgehead atoms. The lowest BCUT2D eigenvalue weighted by Gasteiger charge is -2.24. The molecule has 5 aromatic rings. The normalized spacial score (nSPS) is 15.2. The van der Waals surface area contributed by atoms with E-state index in [1.54, 1.807) is 18.7 Å². The molecule has 2 aliphatic rings. The van der Waals surface area contributed by atoms with Gasteiger partial charge in [0.25, 0.3) is 0 Å². The molecule has 1 amide bonds. The average molecular weight is 503 g/mol. The minimum absolute atomic E-state index is 0.0804. The number of amides is 1. The maximum Gasteiger partial charge on any atom is 0.227 e. The second-order valence-corrected chi connectivity index (χ2v) is 9.95. The summed E-state index contributed by atoms with van der Waals surface area (Å²) in [7, 11) is 0. The lowest BCUT2D eigenvalue weighted by molar-refractivity contribution is -0.122. The van der Waals surface area contributed by atoms with Gasteiger partial charge in [0.15, 0.2) is 0 Å². The minimum atomic E-state index is 0.0804. The Balaban J connectivity index is 1.25. The SMILES string of the molecule is CC1=CC=C(c2ccoc2)c2cc(-c3n[nH]c4ccc(-c5cncc(NC(=O)C6CCC6)c5)cc34)[nH]c2N1. The fourth-order valence-electron chi connectivity index (χ4n) is 5.08. The summed E-state index contributed by atoms with van der Waals surface area (Å²) in [5.74, 6) is 1.11. The Morgan fingerprint density at radius 2 is 1.97 bits per heavy atom. The number of pyridine rings is 1. The van der Waals surface area contributed by atoms with Crippen LogP contribution in [-0.2, 0) is 4.79 Å². The van der Waals surface area contributed by atoms with Crippen LogP contribution in [-0.4, -0.2) is 26.1 Å². The lowest BCUT2D eigenvalue weighted by atomic mass is 9.85. The molecule has 38 heavy (non-hydrogen) atoms. The molecule has 8 heteroatoms. The van der Waals surface area contributed by atoms with Crippen LogP contribution in [0.3, 0.4) is 0 Å². The van der Waals surface area contributed by atoms with Crippen LogP contribution < -0.4 is 10.6 Å². The number of carbonyl (C=O) groups excluding carboxylic acids is 1. The number of hydrogen-bond acceptors (Lipinski definition) is 5. The van der Waals surface area contributed by atoms with Gasteiger partial charge in [-0.3, -0.25) is 14.9 Å². The molecule has 1 aliphatic heterocycles. The zero-order valence-electron chi connectivity index (χ0n) is 20.8. The predicted molar refractivity (Wildman–Crippen MR) is 148 cm³/mol. The molecule has 1 aromatic carbocycles. The molecular weight excluding hydrogens is 476 g/mol. The van der Waals surface area contributed by atoms with E-state index in [1.807, 2.05) is 37.4 Å². The second-order valence-electron chi connectivity index (χ2n) is 9.95. The number of hydrogen-bond donors (Lipinski definition) is 4. The summed E-state index contributed by atoms with van der Waals surface area (Å²) in [5, 5.41) is 15.3. The van der Waals surface area contributed by atoms with E-state index in [4.69, 9.17) is 4.42 Å². The average Bonchev–Trinajstić information content (AvgIpc) is 3.62. The Labute approximate surface area is 218 Å². The number of carbonyl (C=O) groups is 1. The molecule has 5 heterocycles.